The number of amides is 1. The maximum atomic E-state index is 14.9. The van der Waals surface area contributed by atoms with E-state index < -0.39 is 28.9 Å². The minimum Gasteiger partial charge on any atom is -0.461 e. The smallest absolute Gasteiger partial charge is 0.354 e. The van der Waals surface area contributed by atoms with Gasteiger partial charge in [-0.3, -0.25) is 19.1 Å². The fourth-order valence-electron chi connectivity index (χ4n) is 6.08. The van der Waals surface area contributed by atoms with Crippen molar-refractivity contribution in [2.24, 2.45) is 11.0 Å². The van der Waals surface area contributed by atoms with Crippen LogP contribution < -0.4 is 15.5 Å². The van der Waals surface area contributed by atoms with Crippen LogP contribution in [-0.2, 0) is 19.1 Å². The molecule has 3 aliphatic heterocycles. The number of anilines is 2. The number of aromatic nitrogens is 1. The molecule has 3 aliphatic rings. The molecular weight excluding hydrogens is 565 g/mol. The van der Waals surface area contributed by atoms with Gasteiger partial charge < -0.3 is 14.4 Å². The minimum absolute atomic E-state index is 0.174. The summed E-state index contributed by atoms with van der Waals surface area (Å²) in [6.45, 7) is 3.94. The molecule has 42 heavy (non-hydrogen) atoms. The van der Waals surface area contributed by atoms with Gasteiger partial charge in [-0.1, -0.05) is 17.7 Å². The second kappa shape index (κ2) is 11.3. The number of carbonyl (C=O) groups excluding carboxylic acids is 2. The van der Waals surface area contributed by atoms with Gasteiger partial charge in [0, 0.05) is 42.2 Å². The van der Waals surface area contributed by atoms with Gasteiger partial charge >= 0.3 is 5.97 Å². The number of morpholine rings is 1. The van der Waals surface area contributed by atoms with Gasteiger partial charge in [0.15, 0.2) is 11.5 Å². The Morgan fingerprint density at radius 3 is 2.50 bits per heavy atom. The number of hydrazone groups is 1. The molecule has 6 rings (SSSR count). The average molecular weight is 594 g/mol. The molecule has 2 saturated heterocycles. The summed E-state index contributed by atoms with van der Waals surface area (Å²) < 4.78 is 26.1. The number of hydrogen-bond donors (Lipinski definition) is 0. The highest BCUT2D eigenvalue weighted by Crippen LogP contribution is 2.47. The topological polar surface area (TPSA) is 96.7 Å². The Balaban J connectivity index is 1.45. The molecular formula is C30H29ClFN5O5. The summed E-state index contributed by atoms with van der Waals surface area (Å²) in [5, 5.41) is 6.86. The SMILES string of the molecule is CCOC(=O)C1=NN(c2cccc(Cl)c2)C2(N3CCOCC3)C(=O)N(c3ccc(-n4cccc(F)c4=O)cc3)CCC12. The highest BCUT2D eigenvalue weighted by Gasteiger charge is 2.65. The molecule has 0 saturated carbocycles. The van der Waals surface area contributed by atoms with Crippen LogP contribution in [0.2, 0.25) is 5.02 Å². The highest BCUT2D eigenvalue weighted by molar-refractivity contribution is 6.40. The first kappa shape index (κ1) is 28.1. The predicted octanol–water partition coefficient (Wildman–Crippen LogP) is 3.45. The van der Waals surface area contributed by atoms with Gasteiger partial charge in [-0.25, -0.2) is 14.2 Å². The normalized spacial score (nSPS) is 22.6. The summed E-state index contributed by atoms with van der Waals surface area (Å²) >= 11 is 6.38. The average Bonchev–Trinajstić information content (AvgIpc) is 3.37. The third kappa shape index (κ3) is 4.57. The number of fused-ring (bicyclic) bond motifs is 1. The number of ether oxygens (including phenoxy) is 2. The Hall–Kier alpha value is -4.06. The lowest BCUT2D eigenvalue weighted by atomic mass is 9.79. The first-order chi connectivity index (χ1) is 20.4. The Kier molecular flexibility index (Phi) is 7.56. The van der Waals surface area contributed by atoms with Crippen molar-refractivity contribution in [3.05, 3.63) is 88.1 Å². The Bertz CT molecular complexity index is 1610. The van der Waals surface area contributed by atoms with Gasteiger partial charge in [0.1, 0.15) is 0 Å². The summed E-state index contributed by atoms with van der Waals surface area (Å²) in [5.74, 6) is -2.26. The lowest BCUT2D eigenvalue weighted by Crippen LogP contribution is -2.74. The molecule has 12 heteroatoms. The van der Waals surface area contributed by atoms with E-state index in [-0.39, 0.29) is 18.2 Å². The molecule has 2 unspecified atom stereocenters. The van der Waals surface area contributed by atoms with Crippen LogP contribution in [0.15, 0.2) is 76.8 Å². The predicted molar refractivity (Wildman–Crippen MR) is 156 cm³/mol. The van der Waals surface area contributed by atoms with Crippen molar-refractivity contribution in [1.82, 2.24) is 9.47 Å². The zero-order valence-corrected chi connectivity index (χ0v) is 23.7. The van der Waals surface area contributed by atoms with Crippen LogP contribution in [0.3, 0.4) is 0 Å². The van der Waals surface area contributed by atoms with Crippen molar-refractivity contribution in [3.8, 4) is 5.69 Å². The standard InChI is InChI=1S/C30H29ClFN5O5/c1-2-42-28(39)26-24-12-14-36(22-10-8-21(9-11-22)35-13-4-7-25(32)27(35)38)29(40)30(24,34-15-17-41-18-16-34)37(33-26)23-6-3-5-20(31)19-23/h3-11,13,19,24H,2,12,14-18H2,1H3. The van der Waals surface area contributed by atoms with Crippen LogP contribution in [-0.4, -0.2) is 72.2 Å². The van der Waals surface area contributed by atoms with Crippen molar-refractivity contribution < 1.29 is 23.5 Å². The van der Waals surface area contributed by atoms with Gasteiger partial charge in [0.2, 0.25) is 5.66 Å². The van der Waals surface area contributed by atoms with E-state index in [0.717, 1.165) is 6.07 Å². The zero-order chi connectivity index (χ0) is 29.4. The molecule has 1 aromatic heterocycles. The number of halogens is 2. The number of esters is 1. The largest absolute Gasteiger partial charge is 0.461 e. The quantitative estimate of drug-likeness (QED) is 0.404. The molecule has 0 radical (unpaired) electrons. The van der Waals surface area contributed by atoms with Gasteiger partial charge in [0.05, 0.1) is 31.4 Å². The molecule has 2 fully saturated rings. The fraction of sp³-hybridized carbons (Fsp3) is 0.333. The first-order valence-electron chi connectivity index (χ1n) is 13.8. The zero-order valence-electron chi connectivity index (χ0n) is 22.9. The summed E-state index contributed by atoms with van der Waals surface area (Å²) in [6.07, 6.45) is 1.92. The summed E-state index contributed by atoms with van der Waals surface area (Å²) in [7, 11) is 0. The Morgan fingerprint density at radius 2 is 1.79 bits per heavy atom. The van der Waals surface area contributed by atoms with Crippen molar-refractivity contribution in [1.29, 1.82) is 0 Å². The van der Waals surface area contributed by atoms with Crippen LogP contribution in [0.4, 0.5) is 15.8 Å². The summed E-state index contributed by atoms with van der Waals surface area (Å²) in [5.41, 5.74) is -0.336. The van der Waals surface area contributed by atoms with Gasteiger partial charge in [-0.05, 0) is 67.9 Å². The third-order valence-electron chi connectivity index (χ3n) is 7.92. The van der Waals surface area contributed by atoms with Crippen LogP contribution in [0.25, 0.3) is 5.69 Å². The first-order valence-corrected chi connectivity index (χ1v) is 14.2. The van der Waals surface area contributed by atoms with Gasteiger partial charge in [0.25, 0.3) is 11.5 Å². The molecule has 0 aliphatic carbocycles. The lowest BCUT2D eigenvalue weighted by Gasteiger charge is -2.53. The van der Waals surface area contributed by atoms with E-state index in [1.54, 1.807) is 65.4 Å². The van der Waals surface area contributed by atoms with Crippen LogP contribution in [0.1, 0.15) is 13.3 Å². The van der Waals surface area contributed by atoms with E-state index in [0.29, 0.717) is 61.4 Å². The van der Waals surface area contributed by atoms with Crippen molar-refractivity contribution in [3.63, 3.8) is 0 Å². The van der Waals surface area contributed by atoms with E-state index in [1.165, 1.54) is 16.8 Å². The highest BCUT2D eigenvalue weighted by atomic mass is 35.5. The van der Waals surface area contributed by atoms with E-state index in [2.05, 4.69) is 0 Å². The van der Waals surface area contributed by atoms with E-state index in [9.17, 15) is 18.8 Å². The molecule has 2 aromatic carbocycles. The van der Waals surface area contributed by atoms with E-state index in [4.69, 9.17) is 26.2 Å². The number of piperidine rings is 1. The van der Waals surface area contributed by atoms with Gasteiger partial charge in [-0.2, -0.15) is 5.10 Å². The second-order valence-electron chi connectivity index (χ2n) is 10.2. The second-order valence-corrected chi connectivity index (χ2v) is 10.6. The molecule has 10 nitrogen and oxygen atoms in total. The molecule has 0 spiro atoms. The molecule has 3 aromatic rings. The number of benzene rings is 2. The van der Waals surface area contributed by atoms with E-state index in [1.807, 2.05) is 4.90 Å². The van der Waals surface area contributed by atoms with Gasteiger partial charge in [-0.15, -0.1) is 0 Å². The summed E-state index contributed by atoms with van der Waals surface area (Å²) in [4.78, 5) is 44.2. The van der Waals surface area contributed by atoms with E-state index >= 15 is 0 Å². The minimum atomic E-state index is -1.38. The Labute approximate surface area is 246 Å². The molecule has 4 heterocycles. The number of rotatable bonds is 6. The number of pyridine rings is 1. The summed E-state index contributed by atoms with van der Waals surface area (Å²) in [6, 6.07) is 16.4. The van der Waals surface area contributed by atoms with Crippen LogP contribution in [0, 0.1) is 11.7 Å². The third-order valence-corrected chi connectivity index (χ3v) is 8.15. The maximum absolute atomic E-state index is 14.9. The maximum Gasteiger partial charge on any atom is 0.354 e. The number of carbonyl (C=O) groups is 2. The van der Waals surface area contributed by atoms with Crippen molar-refractivity contribution >= 4 is 40.6 Å². The number of hydrogen-bond acceptors (Lipinski definition) is 8. The van der Waals surface area contributed by atoms with Crippen molar-refractivity contribution in [2.75, 3.05) is 49.4 Å². The fourth-order valence-corrected chi connectivity index (χ4v) is 6.27. The molecule has 1 amide bonds. The molecule has 218 valence electrons. The molecule has 0 bridgehead atoms. The molecule has 2 atom stereocenters. The molecule has 0 N–H and O–H groups in total. The number of nitrogens with zero attached hydrogens (tertiary/aromatic N) is 5. The van der Waals surface area contributed by atoms with Crippen LogP contribution in [0.5, 0.6) is 0 Å². The van der Waals surface area contributed by atoms with Crippen molar-refractivity contribution in [2.45, 2.75) is 19.0 Å². The monoisotopic (exact) mass is 593 g/mol. The Morgan fingerprint density at radius 1 is 1.05 bits per heavy atom. The van der Waals surface area contributed by atoms with Crippen LogP contribution >= 0.6 is 11.6 Å². The lowest BCUT2D eigenvalue weighted by molar-refractivity contribution is -0.140.